The van der Waals surface area contributed by atoms with Gasteiger partial charge in [-0.1, -0.05) is 0 Å². The molecule has 1 aliphatic carbocycles. The molecule has 0 spiro atoms. The van der Waals surface area contributed by atoms with Crippen LogP contribution in [0.4, 0.5) is 0 Å². The van der Waals surface area contributed by atoms with Crippen LogP contribution in [-0.2, 0) is 4.79 Å². The van der Waals surface area contributed by atoms with E-state index in [1.165, 1.54) is 12.8 Å². The van der Waals surface area contributed by atoms with Crippen LogP contribution in [0.15, 0.2) is 4.42 Å². The van der Waals surface area contributed by atoms with E-state index in [1.807, 2.05) is 0 Å². The minimum absolute atomic E-state index is 0.190. The first-order valence-electron chi connectivity index (χ1n) is 9.01. The van der Waals surface area contributed by atoms with Gasteiger partial charge in [0.25, 0.3) is 0 Å². The zero-order chi connectivity index (χ0) is 15.8. The molecule has 126 valence electrons. The van der Waals surface area contributed by atoms with Gasteiger partial charge < -0.3 is 14.2 Å². The molecule has 0 aromatic carbocycles. The Bertz CT molecular complexity index is 561. The lowest BCUT2D eigenvalue weighted by Crippen LogP contribution is -2.46. The van der Waals surface area contributed by atoms with Gasteiger partial charge in [-0.2, -0.15) is 0 Å². The lowest BCUT2D eigenvalue weighted by Gasteiger charge is -2.36. The Labute approximate surface area is 137 Å². The van der Waals surface area contributed by atoms with Crippen molar-refractivity contribution in [2.75, 3.05) is 33.2 Å². The largest absolute Gasteiger partial charge is 0.425 e. The molecule has 0 radical (unpaired) electrons. The van der Waals surface area contributed by atoms with E-state index in [0.717, 1.165) is 63.6 Å². The summed E-state index contributed by atoms with van der Waals surface area (Å²) in [5.41, 5.74) is 0. The summed E-state index contributed by atoms with van der Waals surface area (Å²) in [5.74, 6) is 2.99. The number of hydrogen-bond donors (Lipinski definition) is 0. The van der Waals surface area contributed by atoms with Gasteiger partial charge in [0.05, 0.1) is 5.92 Å². The van der Waals surface area contributed by atoms with E-state index in [-0.39, 0.29) is 5.92 Å². The fourth-order valence-corrected chi connectivity index (χ4v) is 3.88. The van der Waals surface area contributed by atoms with Crippen molar-refractivity contribution < 1.29 is 9.21 Å². The minimum Gasteiger partial charge on any atom is -0.425 e. The van der Waals surface area contributed by atoms with Gasteiger partial charge in [-0.05, 0) is 52.1 Å². The third kappa shape index (κ3) is 3.27. The first kappa shape index (κ1) is 15.1. The van der Waals surface area contributed by atoms with Crippen LogP contribution in [0.25, 0.3) is 0 Å². The second-order valence-corrected chi connectivity index (χ2v) is 7.45. The average Bonchev–Trinajstić information content (AvgIpc) is 3.32. The Hall–Kier alpha value is -1.43. The molecule has 1 aromatic heterocycles. The summed E-state index contributed by atoms with van der Waals surface area (Å²) in [5, 5.41) is 8.43. The molecule has 1 aromatic rings. The van der Waals surface area contributed by atoms with Crippen molar-refractivity contribution in [1.29, 1.82) is 0 Å². The van der Waals surface area contributed by atoms with E-state index in [9.17, 15) is 4.79 Å². The monoisotopic (exact) mass is 318 g/mol. The first-order chi connectivity index (χ1) is 11.2. The number of likely N-dealkylation sites (tertiary alicyclic amines) is 2. The Morgan fingerprint density at radius 3 is 2.26 bits per heavy atom. The van der Waals surface area contributed by atoms with Crippen LogP contribution < -0.4 is 0 Å². The second kappa shape index (κ2) is 6.23. The molecular weight excluding hydrogens is 292 g/mol. The molecule has 1 saturated carbocycles. The third-order valence-electron chi connectivity index (χ3n) is 5.51. The molecule has 3 aliphatic rings. The molecule has 0 bridgehead atoms. The van der Waals surface area contributed by atoms with Crippen LogP contribution in [0, 0.1) is 5.92 Å². The van der Waals surface area contributed by atoms with Crippen molar-refractivity contribution in [1.82, 2.24) is 20.0 Å². The summed E-state index contributed by atoms with van der Waals surface area (Å²) in [4.78, 5) is 17.0. The van der Waals surface area contributed by atoms with Crippen molar-refractivity contribution >= 4 is 5.91 Å². The standard InChI is InChI=1S/C17H26N4O2/c1-20-8-2-3-14(11-20)17(22)21-9-6-13(7-10-21)16-19-18-15(23-16)12-4-5-12/h12-14H,2-11H2,1H3. The molecule has 3 fully saturated rings. The number of carbonyl (C=O) groups excluding carboxylic acids is 1. The van der Waals surface area contributed by atoms with Crippen LogP contribution >= 0.6 is 0 Å². The van der Waals surface area contributed by atoms with Crippen LogP contribution in [0.2, 0.25) is 0 Å². The zero-order valence-corrected chi connectivity index (χ0v) is 13.9. The Morgan fingerprint density at radius 1 is 1.00 bits per heavy atom. The van der Waals surface area contributed by atoms with Crippen molar-refractivity contribution in [2.24, 2.45) is 5.92 Å². The number of rotatable bonds is 3. The molecule has 6 heteroatoms. The SMILES string of the molecule is CN1CCCC(C(=O)N2CCC(c3nnc(C4CC4)o3)CC2)C1. The smallest absolute Gasteiger partial charge is 0.226 e. The molecule has 0 N–H and O–H groups in total. The number of nitrogens with zero attached hydrogens (tertiary/aromatic N) is 4. The second-order valence-electron chi connectivity index (χ2n) is 7.45. The quantitative estimate of drug-likeness (QED) is 0.853. The Kier molecular flexibility index (Phi) is 4.09. The van der Waals surface area contributed by atoms with Crippen molar-refractivity contribution in [3.05, 3.63) is 11.8 Å². The molecule has 1 unspecified atom stereocenters. The summed E-state index contributed by atoms with van der Waals surface area (Å²) in [6, 6.07) is 0. The normalized spacial score (nSPS) is 27.3. The van der Waals surface area contributed by atoms with Gasteiger partial charge in [-0.3, -0.25) is 4.79 Å². The van der Waals surface area contributed by atoms with Gasteiger partial charge in [0, 0.05) is 31.5 Å². The van der Waals surface area contributed by atoms with E-state index in [0.29, 0.717) is 17.7 Å². The van der Waals surface area contributed by atoms with E-state index in [4.69, 9.17) is 4.42 Å². The zero-order valence-electron chi connectivity index (χ0n) is 13.9. The van der Waals surface area contributed by atoms with E-state index < -0.39 is 0 Å². The van der Waals surface area contributed by atoms with Crippen LogP contribution in [0.1, 0.15) is 62.1 Å². The highest BCUT2D eigenvalue weighted by Crippen LogP contribution is 2.40. The molecule has 23 heavy (non-hydrogen) atoms. The van der Waals surface area contributed by atoms with Gasteiger partial charge in [0.2, 0.25) is 17.7 Å². The molecule has 3 heterocycles. The minimum atomic E-state index is 0.190. The van der Waals surface area contributed by atoms with Gasteiger partial charge in [-0.25, -0.2) is 0 Å². The first-order valence-corrected chi connectivity index (χ1v) is 9.01. The number of amides is 1. The molecule has 4 rings (SSSR count). The number of carbonyl (C=O) groups is 1. The molecule has 6 nitrogen and oxygen atoms in total. The van der Waals surface area contributed by atoms with E-state index >= 15 is 0 Å². The lowest BCUT2D eigenvalue weighted by atomic mass is 9.93. The molecule has 1 amide bonds. The fourth-order valence-electron chi connectivity index (χ4n) is 3.88. The topological polar surface area (TPSA) is 62.5 Å². The summed E-state index contributed by atoms with van der Waals surface area (Å²) < 4.78 is 5.84. The highest BCUT2D eigenvalue weighted by molar-refractivity contribution is 5.79. The van der Waals surface area contributed by atoms with Gasteiger partial charge >= 0.3 is 0 Å². The summed E-state index contributed by atoms with van der Waals surface area (Å²) in [7, 11) is 2.11. The predicted molar refractivity (Wildman–Crippen MR) is 85.0 cm³/mol. The Balaban J connectivity index is 1.32. The maximum absolute atomic E-state index is 12.7. The number of aromatic nitrogens is 2. The average molecular weight is 318 g/mol. The van der Waals surface area contributed by atoms with E-state index in [1.54, 1.807) is 0 Å². The highest BCUT2D eigenvalue weighted by atomic mass is 16.4. The molecule has 2 aliphatic heterocycles. The number of piperidine rings is 2. The van der Waals surface area contributed by atoms with Crippen LogP contribution in [0.3, 0.4) is 0 Å². The molecule has 2 saturated heterocycles. The lowest BCUT2D eigenvalue weighted by molar-refractivity contribution is -0.138. The highest BCUT2D eigenvalue weighted by Gasteiger charge is 2.34. The number of hydrogen-bond acceptors (Lipinski definition) is 5. The maximum atomic E-state index is 12.7. The van der Waals surface area contributed by atoms with Crippen molar-refractivity contribution in [2.45, 2.75) is 50.4 Å². The summed E-state index contributed by atoms with van der Waals surface area (Å²) in [6.07, 6.45) is 6.43. The molecular formula is C17H26N4O2. The molecule has 1 atom stereocenters. The van der Waals surface area contributed by atoms with Gasteiger partial charge in [0.15, 0.2) is 0 Å². The Morgan fingerprint density at radius 2 is 1.65 bits per heavy atom. The van der Waals surface area contributed by atoms with Crippen LogP contribution in [0.5, 0.6) is 0 Å². The van der Waals surface area contributed by atoms with Gasteiger partial charge in [-0.15, -0.1) is 10.2 Å². The predicted octanol–water partition coefficient (Wildman–Crippen LogP) is 1.99. The maximum Gasteiger partial charge on any atom is 0.226 e. The van der Waals surface area contributed by atoms with Crippen molar-refractivity contribution in [3.8, 4) is 0 Å². The fraction of sp³-hybridized carbons (Fsp3) is 0.824. The van der Waals surface area contributed by atoms with Crippen LogP contribution in [-0.4, -0.2) is 59.1 Å². The summed E-state index contributed by atoms with van der Waals surface area (Å²) >= 11 is 0. The summed E-state index contributed by atoms with van der Waals surface area (Å²) in [6.45, 7) is 3.68. The third-order valence-corrected chi connectivity index (χ3v) is 5.51. The van der Waals surface area contributed by atoms with Gasteiger partial charge in [0.1, 0.15) is 0 Å². The van der Waals surface area contributed by atoms with Crippen molar-refractivity contribution in [3.63, 3.8) is 0 Å². The van der Waals surface area contributed by atoms with E-state index in [2.05, 4.69) is 27.0 Å².